The van der Waals surface area contributed by atoms with Gasteiger partial charge in [-0.05, 0) is 26.8 Å². The van der Waals surface area contributed by atoms with Gasteiger partial charge >= 0.3 is 0 Å². The van der Waals surface area contributed by atoms with Crippen LogP contribution >= 0.6 is 0 Å². The van der Waals surface area contributed by atoms with Crippen LogP contribution in [0.2, 0.25) is 0 Å². The SMILES string of the molecule is CN[C@@H]1[C@H](C(C)=O)[C@@H]2CC[C@H]1O2. The van der Waals surface area contributed by atoms with E-state index in [1.807, 2.05) is 7.05 Å². The number of hydrogen-bond donors (Lipinski definition) is 1. The van der Waals surface area contributed by atoms with E-state index in [2.05, 4.69) is 5.32 Å². The summed E-state index contributed by atoms with van der Waals surface area (Å²) in [6.45, 7) is 1.67. The van der Waals surface area contributed by atoms with Crippen molar-refractivity contribution in [1.82, 2.24) is 5.32 Å². The Labute approximate surface area is 72.5 Å². The van der Waals surface area contributed by atoms with Crippen LogP contribution in [-0.2, 0) is 9.53 Å². The Bertz CT molecular complexity index is 205. The van der Waals surface area contributed by atoms with Gasteiger partial charge < -0.3 is 10.1 Å². The van der Waals surface area contributed by atoms with Crippen LogP contribution < -0.4 is 5.32 Å². The monoisotopic (exact) mass is 169 g/mol. The number of rotatable bonds is 2. The van der Waals surface area contributed by atoms with Crippen LogP contribution in [0.3, 0.4) is 0 Å². The summed E-state index contributed by atoms with van der Waals surface area (Å²) in [6, 6.07) is 0.265. The molecule has 2 rings (SSSR count). The average Bonchev–Trinajstić information content (AvgIpc) is 2.60. The lowest BCUT2D eigenvalue weighted by atomic mass is 9.82. The molecule has 2 fully saturated rings. The lowest BCUT2D eigenvalue weighted by molar-refractivity contribution is -0.122. The smallest absolute Gasteiger partial charge is 0.137 e. The first-order valence-electron chi connectivity index (χ1n) is 4.57. The minimum atomic E-state index is 0.105. The number of ether oxygens (including phenoxy) is 1. The maximum absolute atomic E-state index is 11.3. The maximum atomic E-state index is 11.3. The Morgan fingerprint density at radius 3 is 2.58 bits per heavy atom. The summed E-state index contributed by atoms with van der Waals surface area (Å²) < 4.78 is 5.67. The molecule has 1 N–H and O–H groups in total. The van der Waals surface area contributed by atoms with E-state index in [-0.39, 0.29) is 30.0 Å². The normalized spacial score (nSPS) is 45.2. The molecule has 3 nitrogen and oxygen atoms in total. The van der Waals surface area contributed by atoms with Gasteiger partial charge in [0.2, 0.25) is 0 Å². The van der Waals surface area contributed by atoms with E-state index in [0.29, 0.717) is 0 Å². The topological polar surface area (TPSA) is 38.3 Å². The predicted octanol–water partition coefficient (Wildman–Crippen LogP) is 0.341. The molecule has 0 aliphatic carbocycles. The standard InChI is InChI=1S/C9H15NO2/c1-5(11)8-6-3-4-7(12-6)9(8)10-2/h6-10H,3-4H2,1-2H3/t6-,7+,8+,9-/m0/s1. The van der Waals surface area contributed by atoms with Crippen LogP contribution in [0.5, 0.6) is 0 Å². The van der Waals surface area contributed by atoms with Crippen molar-refractivity contribution >= 4 is 5.78 Å². The van der Waals surface area contributed by atoms with Crippen molar-refractivity contribution in [3.8, 4) is 0 Å². The van der Waals surface area contributed by atoms with Crippen molar-refractivity contribution in [2.45, 2.75) is 38.0 Å². The molecular weight excluding hydrogens is 154 g/mol. The summed E-state index contributed by atoms with van der Waals surface area (Å²) in [5.74, 6) is 0.371. The fraction of sp³-hybridized carbons (Fsp3) is 0.889. The highest BCUT2D eigenvalue weighted by molar-refractivity contribution is 5.80. The third kappa shape index (κ3) is 1.00. The molecule has 4 atom stereocenters. The van der Waals surface area contributed by atoms with Crippen LogP contribution in [0.4, 0.5) is 0 Å². The van der Waals surface area contributed by atoms with Gasteiger partial charge in [0.05, 0.1) is 18.1 Å². The molecule has 0 unspecified atom stereocenters. The van der Waals surface area contributed by atoms with Gasteiger partial charge in [-0.3, -0.25) is 4.79 Å². The van der Waals surface area contributed by atoms with Crippen molar-refractivity contribution < 1.29 is 9.53 Å². The molecule has 3 heteroatoms. The van der Waals surface area contributed by atoms with E-state index < -0.39 is 0 Å². The summed E-state index contributed by atoms with van der Waals surface area (Å²) in [4.78, 5) is 11.3. The number of likely N-dealkylation sites (N-methyl/N-ethyl adjacent to an activating group) is 1. The molecule has 2 aliphatic rings. The van der Waals surface area contributed by atoms with E-state index >= 15 is 0 Å². The highest BCUT2D eigenvalue weighted by Crippen LogP contribution is 2.39. The van der Waals surface area contributed by atoms with Crippen molar-refractivity contribution in [2.75, 3.05) is 7.05 Å². The lowest BCUT2D eigenvalue weighted by Gasteiger charge is -2.25. The van der Waals surface area contributed by atoms with Gasteiger partial charge in [-0.15, -0.1) is 0 Å². The van der Waals surface area contributed by atoms with Crippen molar-refractivity contribution in [3.63, 3.8) is 0 Å². The highest BCUT2D eigenvalue weighted by atomic mass is 16.5. The molecule has 0 aromatic carbocycles. The minimum Gasteiger partial charge on any atom is -0.373 e. The second-order valence-electron chi connectivity index (χ2n) is 3.74. The maximum Gasteiger partial charge on any atom is 0.137 e. The number of carbonyl (C=O) groups excluding carboxylic acids is 1. The fourth-order valence-electron chi connectivity index (χ4n) is 2.56. The van der Waals surface area contributed by atoms with Gasteiger partial charge in [0.15, 0.2) is 0 Å². The van der Waals surface area contributed by atoms with Gasteiger partial charge in [-0.25, -0.2) is 0 Å². The second kappa shape index (κ2) is 2.82. The lowest BCUT2D eigenvalue weighted by Crippen LogP contribution is -2.45. The van der Waals surface area contributed by atoms with E-state index in [4.69, 9.17) is 4.74 Å². The Balaban J connectivity index is 2.16. The van der Waals surface area contributed by atoms with Crippen LogP contribution in [0.25, 0.3) is 0 Å². The largest absolute Gasteiger partial charge is 0.373 e. The Kier molecular flexibility index (Phi) is 1.93. The summed E-state index contributed by atoms with van der Waals surface area (Å²) in [7, 11) is 1.91. The number of Topliss-reactive ketones (excluding diaryl/α,β-unsaturated/α-hetero) is 1. The molecule has 2 saturated heterocycles. The molecule has 2 bridgehead atoms. The van der Waals surface area contributed by atoms with Gasteiger partial charge in [-0.2, -0.15) is 0 Å². The Hall–Kier alpha value is -0.410. The molecule has 2 heterocycles. The van der Waals surface area contributed by atoms with Crippen LogP contribution in [0.15, 0.2) is 0 Å². The molecule has 0 aromatic heterocycles. The summed E-state index contributed by atoms with van der Waals surface area (Å²) in [6.07, 6.45) is 2.66. The minimum absolute atomic E-state index is 0.105. The van der Waals surface area contributed by atoms with Gasteiger partial charge in [0.25, 0.3) is 0 Å². The van der Waals surface area contributed by atoms with Crippen molar-refractivity contribution in [3.05, 3.63) is 0 Å². The first kappa shape index (κ1) is 8.20. The van der Waals surface area contributed by atoms with E-state index in [1.54, 1.807) is 6.92 Å². The van der Waals surface area contributed by atoms with Gasteiger partial charge in [0, 0.05) is 6.04 Å². The molecular formula is C9H15NO2. The number of fused-ring (bicyclic) bond motifs is 2. The van der Waals surface area contributed by atoms with E-state index in [1.165, 1.54) is 0 Å². The quantitative estimate of drug-likeness (QED) is 0.648. The molecule has 68 valence electrons. The van der Waals surface area contributed by atoms with Crippen molar-refractivity contribution in [2.24, 2.45) is 5.92 Å². The molecule has 2 aliphatic heterocycles. The zero-order valence-electron chi connectivity index (χ0n) is 7.54. The number of nitrogens with one attached hydrogen (secondary N) is 1. The second-order valence-corrected chi connectivity index (χ2v) is 3.74. The first-order chi connectivity index (χ1) is 5.74. The third-order valence-electron chi connectivity index (χ3n) is 3.08. The van der Waals surface area contributed by atoms with Gasteiger partial charge in [-0.1, -0.05) is 0 Å². The van der Waals surface area contributed by atoms with Crippen LogP contribution in [0.1, 0.15) is 19.8 Å². The molecule has 12 heavy (non-hydrogen) atoms. The average molecular weight is 169 g/mol. The molecule has 0 aromatic rings. The predicted molar refractivity (Wildman–Crippen MR) is 44.9 cm³/mol. The van der Waals surface area contributed by atoms with Crippen molar-refractivity contribution in [1.29, 1.82) is 0 Å². The summed E-state index contributed by atoms with van der Waals surface area (Å²) in [5, 5.41) is 3.18. The first-order valence-corrected chi connectivity index (χ1v) is 4.57. The van der Waals surface area contributed by atoms with Crippen LogP contribution in [0, 0.1) is 5.92 Å². The summed E-state index contributed by atoms with van der Waals surface area (Å²) in [5.41, 5.74) is 0. The molecule has 0 spiro atoms. The number of hydrogen-bond acceptors (Lipinski definition) is 3. The van der Waals surface area contributed by atoms with Gasteiger partial charge in [0.1, 0.15) is 5.78 Å². The third-order valence-corrected chi connectivity index (χ3v) is 3.08. The molecule has 0 radical (unpaired) electrons. The van der Waals surface area contributed by atoms with E-state index in [0.717, 1.165) is 12.8 Å². The van der Waals surface area contributed by atoms with Crippen LogP contribution in [-0.4, -0.2) is 31.1 Å². The number of ketones is 1. The number of carbonyl (C=O) groups is 1. The molecule has 0 saturated carbocycles. The zero-order chi connectivity index (χ0) is 8.72. The fourth-order valence-corrected chi connectivity index (χ4v) is 2.56. The summed E-state index contributed by atoms with van der Waals surface area (Å²) >= 11 is 0. The highest BCUT2D eigenvalue weighted by Gasteiger charge is 2.50. The molecule has 0 amide bonds. The van der Waals surface area contributed by atoms with E-state index in [9.17, 15) is 4.79 Å². The Morgan fingerprint density at radius 1 is 1.42 bits per heavy atom. The zero-order valence-corrected chi connectivity index (χ0v) is 7.54. The Morgan fingerprint density at radius 2 is 2.08 bits per heavy atom.